The lowest BCUT2D eigenvalue weighted by molar-refractivity contribution is 0.404. The van der Waals surface area contributed by atoms with E-state index in [2.05, 4.69) is 74.8 Å². The van der Waals surface area contributed by atoms with Crippen LogP contribution in [0.2, 0.25) is 0 Å². The van der Waals surface area contributed by atoms with Crippen molar-refractivity contribution in [3.63, 3.8) is 0 Å². The third kappa shape index (κ3) is 1.94. The van der Waals surface area contributed by atoms with E-state index in [0.29, 0.717) is 5.92 Å². The minimum Gasteiger partial charge on any atom is -0.378 e. The van der Waals surface area contributed by atoms with E-state index < -0.39 is 0 Å². The lowest BCUT2D eigenvalue weighted by Crippen LogP contribution is -2.22. The first kappa shape index (κ1) is 13.0. The third-order valence-electron chi connectivity index (χ3n) is 4.41. The Morgan fingerprint density at radius 2 is 1.80 bits per heavy atom. The van der Waals surface area contributed by atoms with Crippen molar-refractivity contribution in [1.29, 1.82) is 0 Å². The fraction of sp³-hybridized carbons (Fsp3) is 0.263. The number of aryl methyl sites for hydroxylation is 1. The molecule has 0 spiro atoms. The molecule has 0 heterocycles. The van der Waals surface area contributed by atoms with Gasteiger partial charge in [0.2, 0.25) is 0 Å². The number of rotatable bonds is 3. The van der Waals surface area contributed by atoms with Gasteiger partial charge in [-0.05, 0) is 41.7 Å². The van der Waals surface area contributed by atoms with Crippen molar-refractivity contribution in [2.75, 3.05) is 13.6 Å². The van der Waals surface area contributed by atoms with Crippen molar-refractivity contribution in [3.05, 3.63) is 71.4 Å². The summed E-state index contributed by atoms with van der Waals surface area (Å²) in [6.07, 6.45) is 0. The zero-order chi connectivity index (χ0) is 14.3. The van der Waals surface area contributed by atoms with E-state index in [1.165, 1.54) is 27.8 Å². The van der Waals surface area contributed by atoms with Gasteiger partial charge in [0.25, 0.3) is 0 Å². The van der Waals surface area contributed by atoms with Crippen LogP contribution in [-0.4, -0.2) is 18.5 Å². The molecule has 1 atom stereocenters. The number of hydrogen-bond donors (Lipinski definition) is 0. The van der Waals surface area contributed by atoms with Crippen LogP contribution in [0.15, 0.2) is 54.7 Å². The summed E-state index contributed by atoms with van der Waals surface area (Å²) in [5.74, 6) is 0.448. The van der Waals surface area contributed by atoms with Gasteiger partial charge in [-0.1, -0.05) is 49.0 Å². The van der Waals surface area contributed by atoms with Crippen LogP contribution in [0.25, 0.3) is 11.1 Å². The normalized spacial score (nSPS) is 15.7. The molecule has 2 aromatic carbocycles. The van der Waals surface area contributed by atoms with Crippen molar-refractivity contribution in [2.24, 2.45) is 0 Å². The minimum absolute atomic E-state index is 0.448. The molecule has 20 heavy (non-hydrogen) atoms. The van der Waals surface area contributed by atoms with Gasteiger partial charge in [-0.25, -0.2) is 0 Å². The maximum atomic E-state index is 4.06. The molecule has 1 nitrogen and oxygen atoms in total. The molecular formula is C19H21N. The zero-order valence-electron chi connectivity index (χ0n) is 12.5. The van der Waals surface area contributed by atoms with Crippen molar-refractivity contribution in [1.82, 2.24) is 4.90 Å². The first-order valence-corrected chi connectivity index (χ1v) is 7.15. The number of benzene rings is 2. The van der Waals surface area contributed by atoms with Gasteiger partial charge in [0.05, 0.1) is 0 Å². The van der Waals surface area contributed by atoms with Crippen molar-refractivity contribution in [3.8, 4) is 11.1 Å². The SMILES string of the molecule is C=C(C)N(C)CC1c2ccccc2-c2cccc(C)c21. The monoisotopic (exact) mass is 263 g/mol. The van der Waals surface area contributed by atoms with E-state index in [0.717, 1.165) is 12.2 Å². The standard InChI is InChI=1S/C19H21N/c1-13(2)20(4)12-18-16-10-6-5-9-15(16)17-11-7-8-14(3)19(17)18/h5-11,18H,1,12H2,2-4H3. The first-order valence-electron chi connectivity index (χ1n) is 7.15. The summed E-state index contributed by atoms with van der Waals surface area (Å²) in [4.78, 5) is 2.25. The largest absolute Gasteiger partial charge is 0.378 e. The molecule has 0 bridgehead atoms. The number of hydrogen-bond acceptors (Lipinski definition) is 1. The number of fused-ring (bicyclic) bond motifs is 3. The van der Waals surface area contributed by atoms with Gasteiger partial charge < -0.3 is 4.90 Å². The summed E-state index contributed by atoms with van der Waals surface area (Å²) in [5.41, 5.74) is 8.24. The fourth-order valence-electron chi connectivity index (χ4n) is 3.20. The van der Waals surface area contributed by atoms with Crippen LogP contribution >= 0.6 is 0 Å². The maximum Gasteiger partial charge on any atom is 0.0281 e. The number of allylic oxidation sites excluding steroid dienone is 1. The fourth-order valence-corrected chi connectivity index (χ4v) is 3.20. The predicted molar refractivity (Wildman–Crippen MR) is 85.9 cm³/mol. The Kier molecular flexibility index (Phi) is 3.13. The Bertz CT molecular complexity index is 669. The lowest BCUT2D eigenvalue weighted by Gasteiger charge is -2.25. The van der Waals surface area contributed by atoms with Crippen molar-refractivity contribution < 1.29 is 0 Å². The summed E-state index contributed by atoms with van der Waals surface area (Å²) in [5, 5.41) is 0. The molecule has 102 valence electrons. The van der Waals surface area contributed by atoms with Gasteiger partial charge in [0.15, 0.2) is 0 Å². The van der Waals surface area contributed by atoms with Crippen LogP contribution in [0.5, 0.6) is 0 Å². The van der Waals surface area contributed by atoms with Gasteiger partial charge in [0, 0.05) is 25.2 Å². The van der Waals surface area contributed by atoms with E-state index in [1.54, 1.807) is 0 Å². The van der Waals surface area contributed by atoms with E-state index >= 15 is 0 Å². The molecule has 0 fully saturated rings. The van der Waals surface area contributed by atoms with Crippen LogP contribution in [0.3, 0.4) is 0 Å². The summed E-state index contributed by atoms with van der Waals surface area (Å²) in [6.45, 7) is 9.34. The van der Waals surface area contributed by atoms with Crippen molar-refractivity contribution >= 4 is 0 Å². The topological polar surface area (TPSA) is 3.24 Å². The Labute approximate surface area is 121 Å². The first-order chi connectivity index (χ1) is 9.59. The molecule has 0 N–H and O–H groups in total. The smallest absolute Gasteiger partial charge is 0.0281 e. The molecule has 1 unspecified atom stereocenters. The highest BCUT2D eigenvalue weighted by Gasteiger charge is 2.30. The van der Waals surface area contributed by atoms with Crippen LogP contribution in [0, 0.1) is 6.92 Å². The highest BCUT2D eigenvalue weighted by Crippen LogP contribution is 2.46. The van der Waals surface area contributed by atoms with Gasteiger partial charge in [0.1, 0.15) is 0 Å². The molecule has 0 radical (unpaired) electrons. The highest BCUT2D eigenvalue weighted by molar-refractivity contribution is 5.80. The Morgan fingerprint density at radius 1 is 1.10 bits per heavy atom. The summed E-state index contributed by atoms with van der Waals surface area (Å²) < 4.78 is 0. The average molecular weight is 263 g/mol. The Balaban J connectivity index is 2.13. The summed E-state index contributed by atoms with van der Waals surface area (Å²) in [7, 11) is 2.13. The van der Waals surface area contributed by atoms with E-state index in [9.17, 15) is 0 Å². The Morgan fingerprint density at radius 3 is 2.55 bits per heavy atom. The summed E-state index contributed by atoms with van der Waals surface area (Å²) in [6, 6.07) is 15.4. The quantitative estimate of drug-likeness (QED) is 0.784. The van der Waals surface area contributed by atoms with Gasteiger partial charge in [-0.2, -0.15) is 0 Å². The van der Waals surface area contributed by atoms with Crippen LogP contribution in [0.4, 0.5) is 0 Å². The molecule has 3 rings (SSSR count). The molecule has 0 saturated heterocycles. The second kappa shape index (κ2) is 4.82. The predicted octanol–water partition coefficient (Wildman–Crippen LogP) is 4.57. The van der Waals surface area contributed by atoms with Crippen LogP contribution in [0.1, 0.15) is 29.5 Å². The summed E-state index contributed by atoms with van der Waals surface area (Å²) >= 11 is 0. The zero-order valence-corrected chi connectivity index (χ0v) is 12.5. The average Bonchev–Trinajstić information content (AvgIpc) is 2.75. The molecule has 0 aromatic heterocycles. The molecule has 2 aromatic rings. The second-order valence-corrected chi connectivity index (χ2v) is 5.79. The minimum atomic E-state index is 0.448. The molecule has 0 saturated carbocycles. The van der Waals surface area contributed by atoms with Gasteiger partial charge in [-0.15, -0.1) is 0 Å². The third-order valence-corrected chi connectivity index (χ3v) is 4.41. The van der Waals surface area contributed by atoms with Crippen LogP contribution < -0.4 is 0 Å². The van der Waals surface area contributed by atoms with Crippen LogP contribution in [-0.2, 0) is 0 Å². The van der Waals surface area contributed by atoms with E-state index in [1.807, 2.05) is 0 Å². The molecule has 0 amide bonds. The van der Waals surface area contributed by atoms with E-state index in [-0.39, 0.29) is 0 Å². The van der Waals surface area contributed by atoms with Gasteiger partial charge in [-0.3, -0.25) is 0 Å². The molecule has 1 aliphatic carbocycles. The molecule has 1 heteroatoms. The van der Waals surface area contributed by atoms with E-state index in [4.69, 9.17) is 0 Å². The molecule has 1 aliphatic rings. The number of nitrogens with zero attached hydrogens (tertiary/aromatic N) is 1. The molecular weight excluding hydrogens is 242 g/mol. The van der Waals surface area contributed by atoms with Crippen molar-refractivity contribution in [2.45, 2.75) is 19.8 Å². The highest BCUT2D eigenvalue weighted by atomic mass is 15.1. The van der Waals surface area contributed by atoms with Gasteiger partial charge >= 0.3 is 0 Å². The number of likely N-dealkylation sites (N-methyl/N-ethyl adjacent to an activating group) is 1. The molecule has 0 aliphatic heterocycles. The lowest BCUT2D eigenvalue weighted by atomic mass is 9.93. The second-order valence-electron chi connectivity index (χ2n) is 5.79. The Hall–Kier alpha value is -2.02. The maximum absolute atomic E-state index is 4.06.